The molecule has 1 N–H and O–H groups in total. The van der Waals surface area contributed by atoms with E-state index in [-0.39, 0.29) is 0 Å². The van der Waals surface area contributed by atoms with E-state index < -0.39 is 6.10 Å². The zero-order valence-electron chi connectivity index (χ0n) is 12.4. The lowest BCUT2D eigenvalue weighted by Crippen LogP contribution is -2.40. The molecule has 1 atom stereocenters. The van der Waals surface area contributed by atoms with Crippen molar-refractivity contribution in [1.82, 2.24) is 4.98 Å². The Morgan fingerprint density at radius 3 is 2.47 bits per heavy atom. The van der Waals surface area contributed by atoms with Crippen molar-refractivity contribution in [3.63, 3.8) is 0 Å². The monoisotopic (exact) mass is 262 g/mol. The number of rotatable bonds is 4. The molecule has 1 aliphatic rings. The second-order valence-corrected chi connectivity index (χ2v) is 5.79. The van der Waals surface area contributed by atoms with Crippen LogP contribution in [0.3, 0.4) is 0 Å². The zero-order chi connectivity index (χ0) is 13.9. The topological polar surface area (TPSA) is 36.4 Å². The molecule has 2 heterocycles. The number of aromatic nitrogens is 1. The van der Waals surface area contributed by atoms with Gasteiger partial charge in [0.1, 0.15) is 5.82 Å². The maximum absolute atomic E-state index is 9.86. The number of anilines is 1. The van der Waals surface area contributed by atoms with Crippen LogP contribution in [0.1, 0.15) is 58.1 Å². The molecule has 1 aromatic rings. The van der Waals surface area contributed by atoms with Crippen molar-refractivity contribution in [2.45, 2.75) is 52.6 Å². The lowest BCUT2D eigenvalue weighted by molar-refractivity contribution is 0.192. The minimum Gasteiger partial charge on any atom is -0.389 e. The molecule has 2 rings (SSSR count). The van der Waals surface area contributed by atoms with Crippen molar-refractivity contribution in [2.75, 3.05) is 18.0 Å². The highest BCUT2D eigenvalue weighted by atomic mass is 16.3. The third kappa shape index (κ3) is 2.92. The molecule has 0 spiro atoms. The average Bonchev–Trinajstić information content (AvgIpc) is 2.47. The molecular weight excluding hydrogens is 236 g/mol. The van der Waals surface area contributed by atoms with Crippen LogP contribution in [0, 0.1) is 5.41 Å². The number of nitrogens with zero attached hydrogens (tertiary/aromatic N) is 2. The van der Waals surface area contributed by atoms with Crippen LogP contribution in [0.4, 0.5) is 5.82 Å². The smallest absolute Gasteiger partial charge is 0.134 e. The summed E-state index contributed by atoms with van der Waals surface area (Å²) in [5.74, 6) is 0.971. The maximum Gasteiger partial charge on any atom is 0.134 e. The summed E-state index contributed by atoms with van der Waals surface area (Å²) >= 11 is 0. The van der Waals surface area contributed by atoms with Crippen LogP contribution in [-0.4, -0.2) is 23.2 Å². The molecule has 1 aromatic heterocycles. The molecule has 0 saturated carbocycles. The summed E-state index contributed by atoms with van der Waals surface area (Å²) in [5, 5.41) is 9.86. The number of hydrogen-bond acceptors (Lipinski definition) is 3. The molecule has 19 heavy (non-hydrogen) atoms. The van der Waals surface area contributed by atoms with Crippen molar-refractivity contribution in [1.29, 1.82) is 0 Å². The van der Waals surface area contributed by atoms with E-state index in [0.29, 0.717) is 5.41 Å². The molecule has 1 unspecified atom stereocenters. The van der Waals surface area contributed by atoms with Crippen molar-refractivity contribution in [3.05, 3.63) is 23.9 Å². The SMILES string of the molecule is CCC1(CC)CCN(c2ncccc2C(C)O)CC1. The summed E-state index contributed by atoms with van der Waals surface area (Å²) in [6, 6.07) is 3.88. The van der Waals surface area contributed by atoms with Gasteiger partial charge in [0, 0.05) is 24.8 Å². The van der Waals surface area contributed by atoms with Gasteiger partial charge in [-0.3, -0.25) is 0 Å². The Morgan fingerprint density at radius 2 is 1.95 bits per heavy atom. The Labute approximate surface area is 116 Å². The third-order valence-electron chi connectivity index (χ3n) is 4.89. The van der Waals surface area contributed by atoms with Crippen molar-refractivity contribution >= 4 is 5.82 Å². The normalized spacial score (nSPS) is 20.3. The average molecular weight is 262 g/mol. The molecular formula is C16H26N2O. The Morgan fingerprint density at radius 1 is 1.32 bits per heavy atom. The van der Waals surface area contributed by atoms with Crippen LogP contribution < -0.4 is 4.90 Å². The van der Waals surface area contributed by atoms with E-state index >= 15 is 0 Å². The summed E-state index contributed by atoms with van der Waals surface area (Å²) in [5.41, 5.74) is 1.47. The summed E-state index contributed by atoms with van der Waals surface area (Å²) in [4.78, 5) is 6.83. The number of piperidine rings is 1. The van der Waals surface area contributed by atoms with E-state index in [0.717, 1.165) is 24.5 Å². The van der Waals surface area contributed by atoms with Gasteiger partial charge in [-0.25, -0.2) is 4.98 Å². The second kappa shape index (κ2) is 5.91. The van der Waals surface area contributed by atoms with E-state index in [1.165, 1.54) is 25.7 Å². The van der Waals surface area contributed by atoms with Gasteiger partial charge in [0.15, 0.2) is 0 Å². The Bertz CT molecular complexity index is 403. The number of aliphatic hydroxyl groups is 1. The molecule has 0 aliphatic carbocycles. The number of aliphatic hydroxyl groups excluding tert-OH is 1. The highest BCUT2D eigenvalue weighted by molar-refractivity contribution is 5.48. The van der Waals surface area contributed by atoms with Crippen LogP contribution in [0.5, 0.6) is 0 Å². The standard InChI is InChI=1S/C16H26N2O/c1-4-16(5-2)8-11-18(12-9-16)15-14(13(3)19)7-6-10-17-15/h6-7,10,13,19H,4-5,8-9,11-12H2,1-3H3. The molecule has 0 amide bonds. The fraction of sp³-hybridized carbons (Fsp3) is 0.688. The Hall–Kier alpha value is -1.09. The van der Waals surface area contributed by atoms with Gasteiger partial charge in [0.05, 0.1) is 6.10 Å². The summed E-state index contributed by atoms with van der Waals surface area (Å²) in [6.07, 6.45) is 6.37. The van der Waals surface area contributed by atoms with Gasteiger partial charge >= 0.3 is 0 Å². The number of pyridine rings is 1. The summed E-state index contributed by atoms with van der Waals surface area (Å²) in [6.45, 7) is 8.53. The molecule has 1 fully saturated rings. The van der Waals surface area contributed by atoms with Crippen molar-refractivity contribution in [3.8, 4) is 0 Å². The largest absolute Gasteiger partial charge is 0.389 e. The van der Waals surface area contributed by atoms with E-state index in [4.69, 9.17) is 0 Å². The minimum atomic E-state index is -0.451. The molecule has 0 aromatic carbocycles. The molecule has 0 radical (unpaired) electrons. The van der Waals surface area contributed by atoms with Gasteiger partial charge in [-0.1, -0.05) is 32.8 Å². The third-order valence-corrected chi connectivity index (χ3v) is 4.89. The highest BCUT2D eigenvalue weighted by Crippen LogP contribution is 2.39. The van der Waals surface area contributed by atoms with Gasteiger partial charge in [-0.15, -0.1) is 0 Å². The zero-order valence-corrected chi connectivity index (χ0v) is 12.4. The van der Waals surface area contributed by atoms with Gasteiger partial charge < -0.3 is 10.0 Å². The quantitative estimate of drug-likeness (QED) is 0.901. The summed E-state index contributed by atoms with van der Waals surface area (Å²) in [7, 11) is 0. The predicted molar refractivity (Wildman–Crippen MR) is 79.3 cm³/mol. The predicted octanol–water partition coefficient (Wildman–Crippen LogP) is 3.54. The van der Waals surface area contributed by atoms with Crippen molar-refractivity contribution in [2.24, 2.45) is 5.41 Å². The lowest BCUT2D eigenvalue weighted by atomic mass is 9.74. The summed E-state index contributed by atoms with van der Waals surface area (Å²) < 4.78 is 0. The molecule has 1 saturated heterocycles. The minimum absolute atomic E-state index is 0.451. The second-order valence-electron chi connectivity index (χ2n) is 5.79. The van der Waals surface area contributed by atoms with Gasteiger partial charge in [0.25, 0.3) is 0 Å². The molecule has 1 aliphatic heterocycles. The Balaban J connectivity index is 2.14. The van der Waals surface area contributed by atoms with Crippen LogP contribution in [0.2, 0.25) is 0 Å². The van der Waals surface area contributed by atoms with E-state index in [1.54, 1.807) is 0 Å². The molecule has 3 heteroatoms. The van der Waals surface area contributed by atoms with Crippen LogP contribution >= 0.6 is 0 Å². The molecule has 106 valence electrons. The van der Waals surface area contributed by atoms with Crippen LogP contribution in [0.15, 0.2) is 18.3 Å². The highest BCUT2D eigenvalue weighted by Gasteiger charge is 2.32. The van der Waals surface area contributed by atoms with Crippen molar-refractivity contribution < 1.29 is 5.11 Å². The lowest BCUT2D eigenvalue weighted by Gasteiger charge is -2.42. The van der Waals surface area contributed by atoms with E-state index in [2.05, 4.69) is 23.7 Å². The van der Waals surface area contributed by atoms with Gasteiger partial charge in [-0.2, -0.15) is 0 Å². The first-order valence-electron chi connectivity index (χ1n) is 7.50. The van der Waals surface area contributed by atoms with Crippen LogP contribution in [0.25, 0.3) is 0 Å². The Kier molecular flexibility index (Phi) is 4.46. The first-order chi connectivity index (χ1) is 9.12. The fourth-order valence-electron chi connectivity index (χ4n) is 3.15. The van der Waals surface area contributed by atoms with E-state index in [9.17, 15) is 5.11 Å². The van der Waals surface area contributed by atoms with Crippen LogP contribution in [-0.2, 0) is 0 Å². The first-order valence-corrected chi connectivity index (χ1v) is 7.50. The molecule has 3 nitrogen and oxygen atoms in total. The maximum atomic E-state index is 9.86. The van der Waals surface area contributed by atoms with E-state index in [1.807, 2.05) is 25.3 Å². The van der Waals surface area contributed by atoms with Gasteiger partial charge in [-0.05, 0) is 31.2 Å². The first kappa shape index (κ1) is 14.3. The van der Waals surface area contributed by atoms with Gasteiger partial charge in [0.2, 0.25) is 0 Å². The fourth-order valence-corrected chi connectivity index (χ4v) is 3.15. The molecule has 0 bridgehead atoms. The number of hydrogen-bond donors (Lipinski definition) is 1.